The van der Waals surface area contributed by atoms with E-state index in [0.29, 0.717) is 12.6 Å². The first kappa shape index (κ1) is 13.5. The van der Waals surface area contributed by atoms with Gasteiger partial charge in [0.2, 0.25) is 0 Å². The summed E-state index contributed by atoms with van der Waals surface area (Å²) in [5.41, 5.74) is 6.82. The lowest BCUT2D eigenvalue weighted by molar-refractivity contribution is 0.201. The highest BCUT2D eigenvalue weighted by Gasteiger charge is 2.12. The maximum atomic E-state index is 6.16. The predicted molar refractivity (Wildman–Crippen MR) is 70.7 cm³/mol. The standard InChI is InChI=1S/C13H21ClN2/c1-3-11(2)16(9-8-15)10-12-6-4-5-7-13(12)14/h4-7,11H,3,8-10,15H2,1-2H3. The van der Waals surface area contributed by atoms with Crippen LogP contribution in [0.4, 0.5) is 0 Å². The second-order valence-corrected chi connectivity index (χ2v) is 4.52. The molecule has 0 aliphatic heterocycles. The third kappa shape index (κ3) is 3.78. The van der Waals surface area contributed by atoms with E-state index in [1.54, 1.807) is 0 Å². The van der Waals surface area contributed by atoms with Gasteiger partial charge >= 0.3 is 0 Å². The summed E-state index contributed by atoms with van der Waals surface area (Å²) in [6.45, 7) is 6.91. The Morgan fingerprint density at radius 1 is 1.38 bits per heavy atom. The Bertz CT molecular complexity index is 315. The lowest BCUT2D eigenvalue weighted by atomic mass is 10.1. The molecule has 0 fully saturated rings. The van der Waals surface area contributed by atoms with Crippen molar-refractivity contribution in [1.82, 2.24) is 4.90 Å². The van der Waals surface area contributed by atoms with Crippen LogP contribution in [0.1, 0.15) is 25.8 Å². The number of rotatable bonds is 6. The van der Waals surface area contributed by atoms with Crippen LogP contribution >= 0.6 is 11.6 Å². The molecule has 0 bridgehead atoms. The number of hydrogen-bond donors (Lipinski definition) is 1. The molecule has 1 aromatic carbocycles. The van der Waals surface area contributed by atoms with Gasteiger partial charge in [0.25, 0.3) is 0 Å². The Labute approximate surface area is 103 Å². The number of hydrogen-bond acceptors (Lipinski definition) is 2. The van der Waals surface area contributed by atoms with Crippen molar-refractivity contribution in [3.05, 3.63) is 34.9 Å². The van der Waals surface area contributed by atoms with Crippen molar-refractivity contribution in [3.8, 4) is 0 Å². The first-order chi connectivity index (χ1) is 7.69. The topological polar surface area (TPSA) is 29.3 Å². The number of halogens is 1. The maximum absolute atomic E-state index is 6.16. The Hall–Kier alpha value is -0.570. The number of benzene rings is 1. The minimum Gasteiger partial charge on any atom is -0.329 e. The van der Waals surface area contributed by atoms with Crippen molar-refractivity contribution in [2.45, 2.75) is 32.9 Å². The van der Waals surface area contributed by atoms with E-state index < -0.39 is 0 Å². The van der Waals surface area contributed by atoms with Crippen molar-refractivity contribution in [2.75, 3.05) is 13.1 Å². The van der Waals surface area contributed by atoms with Crippen LogP contribution in [0.5, 0.6) is 0 Å². The summed E-state index contributed by atoms with van der Waals surface area (Å²) in [6.07, 6.45) is 1.13. The van der Waals surface area contributed by atoms with Gasteiger partial charge in [-0.05, 0) is 25.0 Å². The minimum atomic E-state index is 0.542. The molecule has 0 radical (unpaired) electrons. The maximum Gasteiger partial charge on any atom is 0.0451 e. The normalized spacial score (nSPS) is 13.1. The summed E-state index contributed by atoms with van der Waals surface area (Å²) in [5.74, 6) is 0. The second-order valence-electron chi connectivity index (χ2n) is 4.11. The van der Waals surface area contributed by atoms with Gasteiger partial charge in [-0.15, -0.1) is 0 Å². The summed E-state index contributed by atoms with van der Waals surface area (Å²) in [4.78, 5) is 2.38. The molecule has 0 spiro atoms. The molecular formula is C13H21ClN2. The van der Waals surface area contributed by atoms with Gasteiger partial charge in [0, 0.05) is 30.7 Å². The molecule has 16 heavy (non-hydrogen) atoms. The van der Waals surface area contributed by atoms with E-state index in [2.05, 4.69) is 24.8 Å². The quantitative estimate of drug-likeness (QED) is 0.829. The fraction of sp³-hybridized carbons (Fsp3) is 0.538. The summed E-state index contributed by atoms with van der Waals surface area (Å²) < 4.78 is 0. The van der Waals surface area contributed by atoms with Gasteiger partial charge < -0.3 is 5.73 Å². The highest BCUT2D eigenvalue weighted by Crippen LogP contribution is 2.18. The lowest BCUT2D eigenvalue weighted by Gasteiger charge is -2.28. The fourth-order valence-corrected chi connectivity index (χ4v) is 1.92. The molecule has 2 N–H and O–H groups in total. The van der Waals surface area contributed by atoms with E-state index in [0.717, 1.165) is 24.5 Å². The van der Waals surface area contributed by atoms with Crippen LogP contribution in [0.15, 0.2) is 24.3 Å². The van der Waals surface area contributed by atoms with Crippen LogP contribution in [0.2, 0.25) is 5.02 Å². The first-order valence-electron chi connectivity index (χ1n) is 5.86. The zero-order valence-corrected chi connectivity index (χ0v) is 10.9. The summed E-state index contributed by atoms with van der Waals surface area (Å²) in [6, 6.07) is 8.54. The van der Waals surface area contributed by atoms with E-state index in [1.807, 2.05) is 18.2 Å². The molecule has 90 valence electrons. The van der Waals surface area contributed by atoms with Crippen LogP contribution in [0.3, 0.4) is 0 Å². The number of nitrogens with two attached hydrogens (primary N) is 1. The highest BCUT2D eigenvalue weighted by atomic mass is 35.5. The average Bonchev–Trinajstić information content (AvgIpc) is 2.30. The molecule has 0 saturated heterocycles. The molecule has 0 heterocycles. The van der Waals surface area contributed by atoms with Gasteiger partial charge in [0.15, 0.2) is 0 Å². The number of nitrogens with zero attached hydrogens (tertiary/aromatic N) is 1. The molecule has 1 unspecified atom stereocenters. The highest BCUT2D eigenvalue weighted by molar-refractivity contribution is 6.31. The largest absolute Gasteiger partial charge is 0.329 e. The Kier molecular flexibility index (Phi) is 5.81. The Balaban J connectivity index is 2.71. The molecular weight excluding hydrogens is 220 g/mol. The van der Waals surface area contributed by atoms with Gasteiger partial charge in [-0.3, -0.25) is 4.90 Å². The van der Waals surface area contributed by atoms with E-state index >= 15 is 0 Å². The van der Waals surface area contributed by atoms with Gasteiger partial charge in [-0.2, -0.15) is 0 Å². The molecule has 1 atom stereocenters. The molecule has 3 heteroatoms. The third-order valence-electron chi connectivity index (χ3n) is 2.96. The third-order valence-corrected chi connectivity index (χ3v) is 3.33. The van der Waals surface area contributed by atoms with Crippen LogP contribution in [0.25, 0.3) is 0 Å². The fourth-order valence-electron chi connectivity index (χ4n) is 1.72. The van der Waals surface area contributed by atoms with Crippen LogP contribution in [-0.2, 0) is 6.54 Å². The summed E-state index contributed by atoms with van der Waals surface area (Å²) in [7, 11) is 0. The van der Waals surface area contributed by atoms with Gasteiger partial charge in [0.1, 0.15) is 0 Å². The van der Waals surface area contributed by atoms with Crippen LogP contribution in [-0.4, -0.2) is 24.0 Å². The molecule has 0 aliphatic carbocycles. The molecule has 1 aromatic rings. The minimum absolute atomic E-state index is 0.542. The summed E-state index contributed by atoms with van der Waals surface area (Å²) in [5, 5.41) is 0.841. The molecule has 0 saturated carbocycles. The zero-order chi connectivity index (χ0) is 12.0. The smallest absolute Gasteiger partial charge is 0.0451 e. The Morgan fingerprint density at radius 2 is 2.06 bits per heavy atom. The van der Waals surface area contributed by atoms with E-state index in [1.165, 1.54) is 5.56 Å². The van der Waals surface area contributed by atoms with Crippen molar-refractivity contribution in [2.24, 2.45) is 5.73 Å². The van der Waals surface area contributed by atoms with Crippen LogP contribution in [0, 0.1) is 0 Å². The predicted octanol–water partition coefficient (Wildman–Crippen LogP) is 2.90. The van der Waals surface area contributed by atoms with Crippen molar-refractivity contribution in [1.29, 1.82) is 0 Å². The molecule has 2 nitrogen and oxygen atoms in total. The lowest BCUT2D eigenvalue weighted by Crippen LogP contribution is -2.36. The average molecular weight is 241 g/mol. The van der Waals surface area contributed by atoms with E-state index in [-0.39, 0.29) is 0 Å². The zero-order valence-electron chi connectivity index (χ0n) is 10.1. The monoisotopic (exact) mass is 240 g/mol. The van der Waals surface area contributed by atoms with Crippen LogP contribution < -0.4 is 5.73 Å². The molecule has 1 rings (SSSR count). The van der Waals surface area contributed by atoms with Gasteiger partial charge in [-0.25, -0.2) is 0 Å². The molecule has 0 aliphatic rings. The van der Waals surface area contributed by atoms with Gasteiger partial charge in [0.05, 0.1) is 0 Å². The summed E-state index contributed by atoms with van der Waals surface area (Å²) >= 11 is 6.16. The van der Waals surface area contributed by atoms with Crippen molar-refractivity contribution in [3.63, 3.8) is 0 Å². The Morgan fingerprint density at radius 3 is 2.62 bits per heavy atom. The van der Waals surface area contributed by atoms with Crippen molar-refractivity contribution >= 4 is 11.6 Å². The SMILES string of the molecule is CCC(C)N(CCN)Cc1ccccc1Cl. The second kappa shape index (κ2) is 6.89. The van der Waals surface area contributed by atoms with Crippen molar-refractivity contribution < 1.29 is 0 Å². The molecule has 0 amide bonds. The van der Waals surface area contributed by atoms with E-state index in [9.17, 15) is 0 Å². The first-order valence-corrected chi connectivity index (χ1v) is 6.24. The molecule has 0 aromatic heterocycles. The van der Waals surface area contributed by atoms with Gasteiger partial charge in [-0.1, -0.05) is 36.7 Å². The van der Waals surface area contributed by atoms with E-state index in [4.69, 9.17) is 17.3 Å².